The van der Waals surface area contributed by atoms with Crippen molar-refractivity contribution < 1.29 is 0 Å². The van der Waals surface area contributed by atoms with Gasteiger partial charge in [-0.25, -0.2) is 0 Å². The summed E-state index contributed by atoms with van der Waals surface area (Å²) in [6, 6.07) is 0. The van der Waals surface area contributed by atoms with Crippen LogP contribution in [0.2, 0.25) is 0 Å². The molecule has 0 bridgehead atoms. The molecule has 1 aliphatic heterocycles. The Morgan fingerprint density at radius 3 is 3.15 bits per heavy atom. The zero-order chi connectivity index (χ0) is 8.67. The summed E-state index contributed by atoms with van der Waals surface area (Å²) in [6.07, 6.45) is 13.2. The highest BCUT2D eigenvalue weighted by Gasteiger charge is 2.34. The van der Waals surface area contributed by atoms with E-state index in [0.29, 0.717) is 0 Å². The van der Waals surface area contributed by atoms with Crippen LogP contribution in [0.5, 0.6) is 0 Å². The van der Waals surface area contributed by atoms with Gasteiger partial charge < -0.3 is 0 Å². The third-order valence-electron chi connectivity index (χ3n) is 3.49. The Morgan fingerprint density at radius 1 is 1.15 bits per heavy atom. The minimum Gasteiger partial charge on any atom is -0.146 e. The van der Waals surface area contributed by atoms with Crippen LogP contribution in [0.15, 0.2) is 23.3 Å². The number of thioether (sulfide) groups is 1. The zero-order valence-electron chi connectivity index (χ0n) is 7.96. The average Bonchev–Trinajstić information content (AvgIpc) is 2.56. The highest BCUT2D eigenvalue weighted by atomic mass is 32.2. The summed E-state index contributed by atoms with van der Waals surface area (Å²) in [5, 5.41) is 1.79. The summed E-state index contributed by atoms with van der Waals surface area (Å²) in [7, 11) is 0. The van der Waals surface area contributed by atoms with Crippen molar-refractivity contribution in [3.05, 3.63) is 23.3 Å². The smallest absolute Gasteiger partial charge is 0.0306 e. The predicted molar refractivity (Wildman–Crippen MR) is 59.0 cm³/mol. The lowest BCUT2D eigenvalue weighted by Gasteiger charge is -2.19. The maximum atomic E-state index is 2.42. The molecular weight excluding hydrogens is 176 g/mol. The van der Waals surface area contributed by atoms with Gasteiger partial charge in [0.1, 0.15) is 0 Å². The Bertz CT molecular complexity index is 275. The third-order valence-corrected chi connectivity index (χ3v) is 5.16. The minimum absolute atomic E-state index is 0.878. The second kappa shape index (κ2) is 3.20. The second-order valence-corrected chi connectivity index (χ2v) is 5.73. The lowest BCUT2D eigenvalue weighted by molar-refractivity contribution is 0.610. The van der Waals surface area contributed by atoms with E-state index < -0.39 is 0 Å². The highest BCUT2D eigenvalue weighted by Crippen LogP contribution is 2.48. The van der Waals surface area contributed by atoms with E-state index in [1.807, 2.05) is 5.57 Å². The molecular formula is C12H16S. The Morgan fingerprint density at radius 2 is 2.15 bits per heavy atom. The number of rotatable bonds is 0. The van der Waals surface area contributed by atoms with Crippen molar-refractivity contribution >= 4 is 11.8 Å². The monoisotopic (exact) mass is 192 g/mol. The van der Waals surface area contributed by atoms with Gasteiger partial charge in [-0.2, -0.15) is 0 Å². The summed E-state index contributed by atoms with van der Waals surface area (Å²) in [4.78, 5) is 0. The lowest BCUT2D eigenvalue weighted by atomic mass is 9.87. The quantitative estimate of drug-likeness (QED) is 0.564. The fraction of sp³-hybridized carbons (Fsp3) is 0.667. The van der Waals surface area contributed by atoms with Gasteiger partial charge in [0.15, 0.2) is 0 Å². The van der Waals surface area contributed by atoms with E-state index in [2.05, 4.69) is 23.9 Å². The molecule has 0 aromatic rings. The maximum absolute atomic E-state index is 2.42. The van der Waals surface area contributed by atoms with E-state index >= 15 is 0 Å². The van der Waals surface area contributed by atoms with Gasteiger partial charge in [0.2, 0.25) is 0 Å². The van der Waals surface area contributed by atoms with Gasteiger partial charge >= 0.3 is 0 Å². The van der Waals surface area contributed by atoms with Gasteiger partial charge in [0, 0.05) is 10.5 Å². The molecule has 2 unspecified atom stereocenters. The maximum Gasteiger partial charge on any atom is 0.0306 e. The fourth-order valence-electron chi connectivity index (χ4n) is 2.83. The van der Waals surface area contributed by atoms with Crippen LogP contribution >= 0.6 is 11.8 Å². The molecule has 0 aromatic heterocycles. The highest BCUT2D eigenvalue weighted by molar-refractivity contribution is 8.01. The molecule has 3 rings (SSSR count). The van der Waals surface area contributed by atoms with Crippen molar-refractivity contribution in [3.8, 4) is 0 Å². The molecule has 0 N–H and O–H groups in total. The van der Waals surface area contributed by atoms with Crippen LogP contribution in [-0.2, 0) is 0 Å². The molecule has 3 aliphatic rings. The average molecular weight is 192 g/mol. The molecule has 0 saturated heterocycles. The van der Waals surface area contributed by atoms with Gasteiger partial charge in [-0.05, 0) is 37.7 Å². The zero-order valence-corrected chi connectivity index (χ0v) is 8.78. The normalized spacial score (nSPS) is 37.5. The minimum atomic E-state index is 0.878. The van der Waals surface area contributed by atoms with Crippen LogP contribution in [0.4, 0.5) is 0 Å². The number of allylic oxidation sites excluding steroid dienone is 2. The molecule has 0 aromatic carbocycles. The standard InChI is InChI=1S/C12H16S/c1-3-7-11-9(5-1)10-6-2-4-8-12(10)13-11/h1,5,11-12H,2-4,6-8H2. The van der Waals surface area contributed by atoms with Crippen molar-refractivity contribution in [2.75, 3.05) is 0 Å². The van der Waals surface area contributed by atoms with Crippen molar-refractivity contribution in [1.29, 1.82) is 0 Å². The molecule has 70 valence electrons. The Hall–Kier alpha value is -0.170. The Kier molecular flexibility index (Phi) is 2.01. The molecule has 2 aliphatic carbocycles. The SMILES string of the molecule is C1=CC2=C3CCCCC3SC2CC1. The van der Waals surface area contributed by atoms with Gasteiger partial charge in [-0.3, -0.25) is 0 Å². The van der Waals surface area contributed by atoms with E-state index in [1.165, 1.54) is 38.5 Å². The molecule has 1 fully saturated rings. The van der Waals surface area contributed by atoms with E-state index in [0.717, 1.165) is 10.5 Å². The topological polar surface area (TPSA) is 0 Å². The number of fused-ring (bicyclic) bond motifs is 2. The Balaban J connectivity index is 1.96. The largest absolute Gasteiger partial charge is 0.146 e. The first-order chi connectivity index (χ1) is 6.45. The summed E-state index contributed by atoms with van der Waals surface area (Å²) < 4.78 is 0. The van der Waals surface area contributed by atoms with Gasteiger partial charge in [0.25, 0.3) is 0 Å². The van der Waals surface area contributed by atoms with Crippen LogP contribution in [0.25, 0.3) is 0 Å². The van der Waals surface area contributed by atoms with Crippen molar-refractivity contribution in [3.63, 3.8) is 0 Å². The molecule has 0 radical (unpaired) electrons. The van der Waals surface area contributed by atoms with Crippen molar-refractivity contribution in [2.24, 2.45) is 0 Å². The second-order valence-electron chi connectivity index (χ2n) is 4.32. The molecule has 1 heteroatoms. The van der Waals surface area contributed by atoms with Gasteiger partial charge in [-0.1, -0.05) is 24.1 Å². The summed E-state index contributed by atoms with van der Waals surface area (Å²) >= 11 is 2.25. The molecule has 0 nitrogen and oxygen atoms in total. The first-order valence-electron chi connectivity index (χ1n) is 5.50. The van der Waals surface area contributed by atoms with Crippen LogP contribution in [0, 0.1) is 0 Å². The molecule has 0 spiro atoms. The van der Waals surface area contributed by atoms with Crippen LogP contribution in [0.3, 0.4) is 0 Å². The third kappa shape index (κ3) is 1.28. The number of hydrogen-bond acceptors (Lipinski definition) is 1. The first kappa shape index (κ1) is 8.16. The van der Waals surface area contributed by atoms with E-state index in [-0.39, 0.29) is 0 Å². The van der Waals surface area contributed by atoms with E-state index in [1.54, 1.807) is 5.57 Å². The van der Waals surface area contributed by atoms with Crippen LogP contribution in [0.1, 0.15) is 38.5 Å². The molecule has 0 amide bonds. The lowest BCUT2D eigenvalue weighted by Crippen LogP contribution is -2.08. The fourth-order valence-corrected chi connectivity index (χ4v) is 4.60. The van der Waals surface area contributed by atoms with Crippen LogP contribution < -0.4 is 0 Å². The van der Waals surface area contributed by atoms with Crippen LogP contribution in [-0.4, -0.2) is 10.5 Å². The molecule has 13 heavy (non-hydrogen) atoms. The van der Waals surface area contributed by atoms with Gasteiger partial charge in [0.05, 0.1) is 0 Å². The predicted octanol–water partition coefficient (Wildman–Crippen LogP) is 3.69. The summed E-state index contributed by atoms with van der Waals surface area (Å²) in [5.74, 6) is 0. The van der Waals surface area contributed by atoms with Gasteiger partial charge in [-0.15, -0.1) is 11.8 Å². The molecule has 1 saturated carbocycles. The van der Waals surface area contributed by atoms with E-state index in [9.17, 15) is 0 Å². The summed E-state index contributed by atoms with van der Waals surface area (Å²) in [5.41, 5.74) is 3.54. The molecule has 1 heterocycles. The summed E-state index contributed by atoms with van der Waals surface area (Å²) in [6.45, 7) is 0. The number of hydrogen-bond donors (Lipinski definition) is 0. The van der Waals surface area contributed by atoms with Crippen molar-refractivity contribution in [2.45, 2.75) is 49.0 Å². The molecule has 2 atom stereocenters. The van der Waals surface area contributed by atoms with E-state index in [4.69, 9.17) is 0 Å². The first-order valence-corrected chi connectivity index (χ1v) is 6.44. The van der Waals surface area contributed by atoms with Crippen molar-refractivity contribution in [1.82, 2.24) is 0 Å². The Labute approximate surface area is 84.5 Å².